The van der Waals surface area contributed by atoms with Gasteiger partial charge >= 0.3 is 0 Å². The van der Waals surface area contributed by atoms with Crippen molar-refractivity contribution < 1.29 is 4.74 Å². The maximum Gasteiger partial charge on any atom is 0.0810 e. The van der Waals surface area contributed by atoms with E-state index in [1.54, 1.807) is 0 Å². The summed E-state index contributed by atoms with van der Waals surface area (Å²) in [5.41, 5.74) is 0. The molecule has 11 heavy (non-hydrogen) atoms. The molecule has 0 aromatic heterocycles. The Labute approximate surface area is 69.1 Å². The summed E-state index contributed by atoms with van der Waals surface area (Å²) in [6.07, 6.45) is 10.8. The first kappa shape index (κ1) is 7.60. The second-order valence-electron chi connectivity index (χ2n) is 4.04. The molecule has 1 heterocycles. The van der Waals surface area contributed by atoms with Gasteiger partial charge in [0.1, 0.15) is 0 Å². The van der Waals surface area contributed by atoms with Gasteiger partial charge < -0.3 is 4.74 Å². The van der Waals surface area contributed by atoms with E-state index in [0.717, 1.165) is 12.5 Å². The first-order valence-electron chi connectivity index (χ1n) is 5.07. The van der Waals surface area contributed by atoms with Gasteiger partial charge in [0.05, 0.1) is 12.7 Å². The first-order chi connectivity index (χ1) is 5.45. The largest absolute Gasteiger partial charge is 0.373 e. The number of epoxide rings is 1. The molecule has 2 fully saturated rings. The average molecular weight is 154 g/mol. The van der Waals surface area contributed by atoms with Gasteiger partial charge in [0.2, 0.25) is 0 Å². The fourth-order valence-corrected chi connectivity index (χ4v) is 1.62. The highest BCUT2D eigenvalue weighted by Crippen LogP contribution is 2.34. The number of ether oxygens (including phenoxy) is 1. The zero-order chi connectivity index (χ0) is 7.52. The predicted molar refractivity (Wildman–Crippen MR) is 45.5 cm³/mol. The molecule has 64 valence electrons. The summed E-state index contributed by atoms with van der Waals surface area (Å²) in [5.74, 6) is 1.13. The lowest BCUT2D eigenvalue weighted by Crippen LogP contribution is -1.85. The van der Waals surface area contributed by atoms with Crippen LogP contribution in [0, 0.1) is 5.92 Å². The lowest BCUT2D eigenvalue weighted by Gasteiger charge is -1.97. The molecule has 1 aliphatic heterocycles. The van der Waals surface area contributed by atoms with Gasteiger partial charge in [0, 0.05) is 0 Å². The van der Waals surface area contributed by atoms with Gasteiger partial charge in [0.15, 0.2) is 0 Å². The van der Waals surface area contributed by atoms with E-state index in [9.17, 15) is 0 Å². The van der Waals surface area contributed by atoms with Crippen LogP contribution in [0.25, 0.3) is 0 Å². The smallest absolute Gasteiger partial charge is 0.0810 e. The second kappa shape index (κ2) is 3.57. The normalized spacial score (nSPS) is 28.9. The van der Waals surface area contributed by atoms with Gasteiger partial charge in [0.25, 0.3) is 0 Å². The minimum absolute atomic E-state index is 0.663. The van der Waals surface area contributed by atoms with Crippen LogP contribution in [0.15, 0.2) is 0 Å². The molecule has 0 spiro atoms. The number of hydrogen-bond donors (Lipinski definition) is 0. The Morgan fingerprint density at radius 1 is 1.00 bits per heavy atom. The minimum atomic E-state index is 0.663. The Morgan fingerprint density at radius 2 is 1.73 bits per heavy atom. The van der Waals surface area contributed by atoms with Gasteiger partial charge in [-0.3, -0.25) is 0 Å². The highest BCUT2D eigenvalue weighted by Gasteiger charge is 2.22. The lowest BCUT2D eigenvalue weighted by atomic mass is 10.1. The molecule has 0 aromatic carbocycles. The summed E-state index contributed by atoms with van der Waals surface area (Å²) in [5, 5.41) is 0. The molecule has 1 saturated carbocycles. The van der Waals surface area contributed by atoms with Crippen LogP contribution >= 0.6 is 0 Å². The number of hydrogen-bond acceptors (Lipinski definition) is 1. The molecule has 1 nitrogen and oxygen atoms in total. The highest BCUT2D eigenvalue weighted by molar-refractivity contribution is 4.73. The van der Waals surface area contributed by atoms with E-state index in [1.807, 2.05) is 0 Å². The second-order valence-corrected chi connectivity index (χ2v) is 4.04. The van der Waals surface area contributed by atoms with E-state index >= 15 is 0 Å². The quantitative estimate of drug-likeness (QED) is 0.423. The molecule has 1 heteroatoms. The van der Waals surface area contributed by atoms with Crippen LogP contribution in [0.5, 0.6) is 0 Å². The van der Waals surface area contributed by atoms with Gasteiger partial charge in [-0.05, 0) is 12.3 Å². The van der Waals surface area contributed by atoms with E-state index in [4.69, 9.17) is 4.74 Å². The molecule has 2 aliphatic rings. The maximum absolute atomic E-state index is 5.15. The van der Waals surface area contributed by atoms with Crippen LogP contribution in [0.3, 0.4) is 0 Å². The van der Waals surface area contributed by atoms with Crippen LogP contribution in [-0.4, -0.2) is 12.7 Å². The summed E-state index contributed by atoms with van der Waals surface area (Å²) in [7, 11) is 0. The fraction of sp³-hybridized carbons (Fsp3) is 1.00. The fourth-order valence-electron chi connectivity index (χ4n) is 1.62. The summed E-state index contributed by atoms with van der Waals surface area (Å²) in [4.78, 5) is 0. The van der Waals surface area contributed by atoms with Crippen LogP contribution in [0.2, 0.25) is 0 Å². The van der Waals surface area contributed by atoms with Crippen molar-refractivity contribution in [3.05, 3.63) is 0 Å². The Morgan fingerprint density at radius 3 is 2.36 bits per heavy atom. The third-order valence-corrected chi connectivity index (χ3v) is 2.74. The molecule has 1 saturated heterocycles. The third-order valence-electron chi connectivity index (χ3n) is 2.74. The van der Waals surface area contributed by atoms with E-state index in [-0.39, 0.29) is 0 Å². The zero-order valence-electron chi connectivity index (χ0n) is 7.22. The molecule has 0 radical (unpaired) electrons. The van der Waals surface area contributed by atoms with Crippen molar-refractivity contribution in [3.8, 4) is 0 Å². The molecule has 0 amide bonds. The molecular formula is C10H18O. The van der Waals surface area contributed by atoms with Crippen molar-refractivity contribution in [2.24, 2.45) is 5.92 Å². The predicted octanol–water partition coefficient (Wildman–Crippen LogP) is 2.75. The number of rotatable bonds is 6. The van der Waals surface area contributed by atoms with Gasteiger partial charge in [-0.15, -0.1) is 0 Å². The van der Waals surface area contributed by atoms with Gasteiger partial charge in [-0.1, -0.05) is 38.5 Å². The summed E-state index contributed by atoms with van der Waals surface area (Å²) >= 11 is 0. The van der Waals surface area contributed by atoms with E-state index in [1.165, 1.54) is 44.9 Å². The number of unbranched alkanes of at least 4 members (excludes halogenated alkanes) is 2. The van der Waals surface area contributed by atoms with Crippen molar-refractivity contribution in [1.82, 2.24) is 0 Å². The lowest BCUT2D eigenvalue weighted by molar-refractivity contribution is 0.387. The van der Waals surface area contributed by atoms with Crippen LogP contribution in [-0.2, 0) is 4.74 Å². The molecular weight excluding hydrogens is 136 g/mol. The summed E-state index contributed by atoms with van der Waals surface area (Å²) in [6, 6.07) is 0. The summed E-state index contributed by atoms with van der Waals surface area (Å²) < 4.78 is 5.15. The van der Waals surface area contributed by atoms with Crippen LogP contribution in [0.1, 0.15) is 44.9 Å². The molecule has 0 bridgehead atoms. The third kappa shape index (κ3) is 3.24. The van der Waals surface area contributed by atoms with Gasteiger partial charge in [-0.2, -0.15) is 0 Å². The maximum atomic E-state index is 5.15. The topological polar surface area (TPSA) is 12.5 Å². The zero-order valence-corrected chi connectivity index (χ0v) is 7.22. The molecule has 0 aromatic rings. The standard InChI is InChI=1S/C10H18O/c1(2-4-9-6-7-9)3-5-10-8-11-10/h9-10H,1-8H2. The Bertz CT molecular complexity index is 100. The summed E-state index contributed by atoms with van der Waals surface area (Å²) in [6.45, 7) is 1.04. The minimum Gasteiger partial charge on any atom is -0.373 e. The van der Waals surface area contributed by atoms with Crippen molar-refractivity contribution in [2.75, 3.05) is 6.61 Å². The SMILES string of the molecule is C(CCC1CC1)CCC1CO1. The Kier molecular flexibility index (Phi) is 2.47. The molecule has 1 unspecified atom stereocenters. The van der Waals surface area contributed by atoms with Crippen molar-refractivity contribution >= 4 is 0 Å². The molecule has 0 N–H and O–H groups in total. The molecule has 2 rings (SSSR count). The highest BCUT2D eigenvalue weighted by atomic mass is 16.6. The van der Waals surface area contributed by atoms with Crippen molar-refractivity contribution in [2.45, 2.75) is 51.0 Å². The molecule has 1 atom stereocenters. The van der Waals surface area contributed by atoms with E-state index in [2.05, 4.69) is 0 Å². The van der Waals surface area contributed by atoms with E-state index in [0.29, 0.717) is 6.10 Å². The Balaban J connectivity index is 1.35. The van der Waals surface area contributed by atoms with Crippen molar-refractivity contribution in [3.63, 3.8) is 0 Å². The van der Waals surface area contributed by atoms with Crippen LogP contribution < -0.4 is 0 Å². The Hall–Kier alpha value is -0.0400. The molecule has 1 aliphatic carbocycles. The van der Waals surface area contributed by atoms with Crippen LogP contribution in [0.4, 0.5) is 0 Å². The van der Waals surface area contributed by atoms with Gasteiger partial charge in [-0.25, -0.2) is 0 Å². The monoisotopic (exact) mass is 154 g/mol. The van der Waals surface area contributed by atoms with E-state index < -0.39 is 0 Å². The van der Waals surface area contributed by atoms with Crippen molar-refractivity contribution in [1.29, 1.82) is 0 Å². The first-order valence-corrected chi connectivity index (χ1v) is 5.07. The average Bonchev–Trinajstić information content (AvgIpc) is 2.83.